The highest BCUT2D eigenvalue weighted by Gasteiger charge is 2.34. The first-order valence-electron chi connectivity index (χ1n) is 10.3. The SMILES string of the molecule is CC(C)[C@H]1CC[C@@H](C)C[C@@H]1OCC(=O)N(C)CC(=O)Nc1ccccc1C(F)(F)F. The summed E-state index contributed by atoms with van der Waals surface area (Å²) in [5, 5.41) is 2.24. The Kier molecular flexibility index (Phi) is 8.29. The molecular weight excluding hydrogens is 397 g/mol. The topological polar surface area (TPSA) is 58.6 Å². The van der Waals surface area contributed by atoms with Gasteiger partial charge in [-0.1, -0.05) is 39.3 Å². The molecule has 0 aliphatic heterocycles. The van der Waals surface area contributed by atoms with E-state index in [2.05, 4.69) is 26.1 Å². The fourth-order valence-electron chi connectivity index (χ4n) is 3.93. The minimum absolute atomic E-state index is 0.00131. The molecule has 30 heavy (non-hydrogen) atoms. The van der Waals surface area contributed by atoms with E-state index >= 15 is 0 Å². The molecule has 1 aromatic carbocycles. The number of amides is 2. The van der Waals surface area contributed by atoms with Crippen molar-refractivity contribution >= 4 is 17.5 Å². The molecule has 0 aromatic heterocycles. The second kappa shape index (κ2) is 10.3. The summed E-state index contributed by atoms with van der Waals surface area (Å²) < 4.78 is 45.1. The number of carbonyl (C=O) groups is 2. The lowest BCUT2D eigenvalue weighted by atomic mass is 9.75. The van der Waals surface area contributed by atoms with Crippen molar-refractivity contribution in [2.75, 3.05) is 25.5 Å². The maximum atomic E-state index is 13.1. The largest absolute Gasteiger partial charge is 0.418 e. The minimum Gasteiger partial charge on any atom is -0.368 e. The number of para-hydroxylation sites is 1. The van der Waals surface area contributed by atoms with Crippen LogP contribution in [0.3, 0.4) is 0 Å². The number of halogens is 3. The predicted molar refractivity (Wildman–Crippen MR) is 109 cm³/mol. The van der Waals surface area contributed by atoms with Crippen molar-refractivity contribution in [1.82, 2.24) is 4.90 Å². The molecule has 168 valence electrons. The van der Waals surface area contributed by atoms with Gasteiger partial charge in [-0.2, -0.15) is 13.2 Å². The molecule has 2 amide bonds. The Morgan fingerprint density at radius 3 is 2.53 bits per heavy atom. The van der Waals surface area contributed by atoms with Crippen LogP contribution in [0, 0.1) is 17.8 Å². The van der Waals surface area contributed by atoms with Gasteiger partial charge < -0.3 is 15.0 Å². The molecule has 1 fully saturated rings. The molecule has 0 bridgehead atoms. The molecule has 0 unspecified atom stereocenters. The van der Waals surface area contributed by atoms with E-state index in [1.807, 2.05) is 0 Å². The predicted octanol–water partition coefficient (Wildman–Crippen LogP) is 4.58. The Bertz CT molecular complexity index is 737. The van der Waals surface area contributed by atoms with Gasteiger partial charge in [0.15, 0.2) is 0 Å². The third-order valence-corrected chi connectivity index (χ3v) is 5.70. The van der Waals surface area contributed by atoms with Gasteiger partial charge in [-0.3, -0.25) is 9.59 Å². The average molecular weight is 428 g/mol. The molecule has 0 saturated heterocycles. The van der Waals surface area contributed by atoms with Gasteiger partial charge in [0.05, 0.1) is 23.9 Å². The van der Waals surface area contributed by atoms with Crippen molar-refractivity contribution in [3.8, 4) is 0 Å². The maximum absolute atomic E-state index is 13.1. The first-order chi connectivity index (χ1) is 14.0. The second-order valence-corrected chi connectivity index (χ2v) is 8.52. The Morgan fingerprint density at radius 2 is 1.90 bits per heavy atom. The number of hydrogen-bond donors (Lipinski definition) is 1. The van der Waals surface area contributed by atoms with Crippen molar-refractivity contribution in [3.63, 3.8) is 0 Å². The van der Waals surface area contributed by atoms with Gasteiger partial charge in [0.2, 0.25) is 11.8 Å². The van der Waals surface area contributed by atoms with E-state index in [1.54, 1.807) is 0 Å². The standard InChI is InChI=1S/C22H31F3N2O3/c1-14(2)16-10-9-15(3)11-19(16)30-13-21(29)27(4)12-20(28)26-18-8-6-5-7-17(18)22(23,24)25/h5-8,14-16,19H,9-13H2,1-4H3,(H,26,28)/t15-,16-,19+/m1/s1. The van der Waals surface area contributed by atoms with E-state index < -0.39 is 17.6 Å². The van der Waals surface area contributed by atoms with Crippen LogP contribution >= 0.6 is 0 Å². The molecule has 1 saturated carbocycles. The summed E-state index contributed by atoms with van der Waals surface area (Å²) in [6.07, 6.45) is -1.47. The van der Waals surface area contributed by atoms with Gasteiger partial charge in [0.25, 0.3) is 0 Å². The van der Waals surface area contributed by atoms with Gasteiger partial charge in [0.1, 0.15) is 6.61 Å². The van der Waals surface area contributed by atoms with Crippen molar-refractivity contribution < 1.29 is 27.5 Å². The number of ether oxygens (including phenoxy) is 1. The zero-order valence-electron chi connectivity index (χ0n) is 18.0. The van der Waals surface area contributed by atoms with E-state index in [9.17, 15) is 22.8 Å². The molecule has 2 rings (SSSR count). The summed E-state index contributed by atoms with van der Waals surface area (Å²) in [5.74, 6) is 0.303. The first-order valence-corrected chi connectivity index (χ1v) is 10.3. The van der Waals surface area contributed by atoms with Crippen LogP contribution in [-0.2, 0) is 20.5 Å². The highest BCUT2D eigenvalue weighted by atomic mass is 19.4. The number of carbonyl (C=O) groups excluding carboxylic acids is 2. The van der Waals surface area contributed by atoms with Crippen molar-refractivity contribution in [2.24, 2.45) is 17.8 Å². The molecule has 3 atom stereocenters. The molecule has 1 aliphatic rings. The number of hydrogen-bond acceptors (Lipinski definition) is 3. The van der Waals surface area contributed by atoms with Crippen LogP contribution in [0.4, 0.5) is 18.9 Å². The number of anilines is 1. The van der Waals surface area contributed by atoms with Gasteiger partial charge >= 0.3 is 6.18 Å². The zero-order valence-corrected chi connectivity index (χ0v) is 18.0. The fraction of sp³-hybridized carbons (Fsp3) is 0.636. The van der Waals surface area contributed by atoms with Crippen LogP contribution in [0.5, 0.6) is 0 Å². The minimum atomic E-state index is -4.58. The van der Waals surface area contributed by atoms with Crippen LogP contribution in [0.2, 0.25) is 0 Å². The van der Waals surface area contributed by atoms with Crippen molar-refractivity contribution in [2.45, 2.75) is 52.3 Å². The number of nitrogens with zero attached hydrogens (tertiary/aromatic N) is 1. The smallest absolute Gasteiger partial charge is 0.368 e. The Balaban J connectivity index is 1.89. The number of likely N-dealkylation sites (N-methyl/N-ethyl adjacent to an activating group) is 1. The summed E-state index contributed by atoms with van der Waals surface area (Å²) in [5.41, 5.74) is -1.26. The van der Waals surface area contributed by atoms with E-state index in [0.29, 0.717) is 17.8 Å². The highest BCUT2D eigenvalue weighted by molar-refractivity contribution is 5.95. The number of alkyl halides is 3. The van der Waals surface area contributed by atoms with E-state index in [4.69, 9.17) is 4.74 Å². The fourth-order valence-corrected chi connectivity index (χ4v) is 3.93. The Morgan fingerprint density at radius 1 is 1.23 bits per heavy atom. The molecular formula is C22H31F3N2O3. The molecule has 1 aliphatic carbocycles. The quantitative estimate of drug-likeness (QED) is 0.692. The van der Waals surface area contributed by atoms with Crippen LogP contribution in [0.25, 0.3) is 0 Å². The average Bonchev–Trinajstić information content (AvgIpc) is 2.65. The molecule has 0 heterocycles. The molecule has 1 aromatic rings. The zero-order chi connectivity index (χ0) is 22.5. The summed E-state index contributed by atoms with van der Waals surface area (Å²) >= 11 is 0. The Hall–Kier alpha value is -2.09. The van der Waals surface area contributed by atoms with Crippen molar-refractivity contribution in [1.29, 1.82) is 0 Å². The molecule has 8 heteroatoms. The number of rotatable bonds is 7. The summed E-state index contributed by atoms with van der Waals surface area (Å²) in [6, 6.07) is 4.74. The van der Waals surface area contributed by atoms with Gasteiger partial charge in [-0.25, -0.2) is 0 Å². The summed E-state index contributed by atoms with van der Waals surface area (Å²) in [4.78, 5) is 25.8. The molecule has 0 spiro atoms. The maximum Gasteiger partial charge on any atom is 0.418 e. The number of benzene rings is 1. The highest BCUT2D eigenvalue weighted by Crippen LogP contribution is 2.36. The first kappa shape index (κ1) is 24.2. The van der Waals surface area contributed by atoms with Crippen LogP contribution in [0.15, 0.2) is 24.3 Å². The third kappa shape index (κ3) is 6.72. The summed E-state index contributed by atoms with van der Waals surface area (Å²) in [6.45, 7) is 5.96. The second-order valence-electron chi connectivity index (χ2n) is 8.52. The van der Waals surface area contributed by atoms with Crippen molar-refractivity contribution in [3.05, 3.63) is 29.8 Å². The molecule has 0 radical (unpaired) electrons. The summed E-state index contributed by atoms with van der Waals surface area (Å²) in [7, 11) is 1.43. The molecule has 5 nitrogen and oxygen atoms in total. The van der Waals surface area contributed by atoms with Crippen LogP contribution in [-0.4, -0.2) is 43.0 Å². The van der Waals surface area contributed by atoms with Gasteiger partial charge in [-0.15, -0.1) is 0 Å². The monoisotopic (exact) mass is 428 g/mol. The Labute approximate surface area is 176 Å². The van der Waals surface area contributed by atoms with E-state index in [1.165, 1.54) is 30.1 Å². The molecule has 1 N–H and O–H groups in total. The van der Waals surface area contributed by atoms with Gasteiger partial charge in [0, 0.05) is 7.05 Å². The van der Waals surface area contributed by atoms with Crippen LogP contribution < -0.4 is 5.32 Å². The normalized spacial score (nSPS) is 22.1. The lowest BCUT2D eigenvalue weighted by Crippen LogP contribution is -2.40. The van der Waals surface area contributed by atoms with Gasteiger partial charge in [-0.05, 0) is 42.7 Å². The lowest BCUT2D eigenvalue weighted by Gasteiger charge is -2.37. The van der Waals surface area contributed by atoms with Crippen LogP contribution in [0.1, 0.15) is 45.6 Å². The van der Waals surface area contributed by atoms with E-state index in [0.717, 1.165) is 25.3 Å². The lowest BCUT2D eigenvalue weighted by molar-refractivity contribution is -0.142. The third-order valence-electron chi connectivity index (χ3n) is 5.70. The van der Waals surface area contributed by atoms with E-state index in [-0.39, 0.29) is 30.9 Å². The number of nitrogens with one attached hydrogen (secondary N) is 1.